The van der Waals surface area contributed by atoms with Gasteiger partial charge in [0.2, 0.25) is 0 Å². The second-order valence-electron chi connectivity index (χ2n) is 5.28. The summed E-state index contributed by atoms with van der Waals surface area (Å²) in [5.41, 5.74) is 0.679. The fraction of sp³-hybridized carbons (Fsp3) is 0.500. The van der Waals surface area contributed by atoms with Gasteiger partial charge >= 0.3 is 5.97 Å². The van der Waals surface area contributed by atoms with Crippen LogP contribution in [0.3, 0.4) is 0 Å². The van der Waals surface area contributed by atoms with E-state index in [1.54, 1.807) is 13.8 Å². The topological polar surface area (TPSA) is 75.6 Å². The Bertz CT molecular complexity index is 537. The van der Waals surface area contributed by atoms with Crippen LogP contribution >= 0.6 is 0 Å². The van der Waals surface area contributed by atoms with Gasteiger partial charge in [0, 0.05) is 0 Å². The lowest BCUT2D eigenvalue weighted by molar-refractivity contribution is -0.151. The average molecular weight is 291 g/mol. The molecule has 0 aromatic heterocycles. The monoisotopic (exact) mass is 291 g/mol. The van der Waals surface area contributed by atoms with E-state index in [0.29, 0.717) is 19.4 Å². The Morgan fingerprint density at radius 2 is 2.00 bits per heavy atom. The van der Waals surface area contributed by atoms with Crippen LogP contribution in [0.25, 0.3) is 0 Å². The van der Waals surface area contributed by atoms with E-state index in [0.717, 1.165) is 17.5 Å². The van der Waals surface area contributed by atoms with Crippen LogP contribution in [0.1, 0.15) is 43.9 Å². The van der Waals surface area contributed by atoms with Gasteiger partial charge in [-0.15, -0.1) is 0 Å². The first kappa shape index (κ1) is 15.5. The summed E-state index contributed by atoms with van der Waals surface area (Å²) < 4.78 is 5.58. The van der Waals surface area contributed by atoms with E-state index in [1.807, 2.05) is 24.3 Å². The van der Waals surface area contributed by atoms with Gasteiger partial charge in [-0.2, -0.15) is 0 Å². The standard InChI is InChI=1S/C16H21NO4/c1-3-16(4-2,15(19)20)17-14(18)13-12-8-6-5-7-11(12)9-10-21-13/h5-8,13H,3-4,9-10H2,1-2H3,(H,17,18)(H,19,20). The third-order valence-corrected chi connectivity index (χ3v) is 4.21. The van der Waals surface area contributed by atoms with Gasteiger partial charge in [-0.05, 0) is 30.4 Å². The second kappa shape index (κ2) is 6.26. The Labute approximate surface area is 124 Å². The molecule has 114 valence electrons. The minimum absolute atomic E-state index is 0.332. The van der Waals surface area contributed by atoms with Crippen molar-refractivity contribution in [2.75, 3.05) is 6.61 Å². The quantitative estimate of drug-likeness (QED) is 0.870. The molecule has 5 heteroatoms. The zero-order valence-corrected chi connectivity index (χ0v) is 12.4. The first-order valence-corrected chi connectivity index (χ1v) is 7.29. The fourth-order valence-electron chi connectivity index (χ4n) is 2.70. The lowest BCUT2D eigenvalue weighted by Gasteiger charge is -2.32. The Morgan fingerprint density at radius 3 is 2.62 bits per heavy atom. The molecule has 0 bridgehead atoms. The maximum atomic E-state index is 12.5. The molecule has 1 heterocycles. The maximum absolute atomic E-state index is 12.5. The number of benzene rings is 1. The number of hydrogen-bond donors (Lipinski definition) is 2. The fourth-order valence-corrected chi connectivity index (χ4v) is 2.70. The van der Waals surface area contributed by atoms with Gasteiger partial charge in [0.05, 0.1) is 6.61 Å². The van der Waals surface area contributed by atoms with Crippen molar-refractivity contribution in [3.05, 3.63) is 35.4 Å². The van der Waals surface area contributed by atoms with Crippen molar-refractivity contribution in [1.29, 1.82) is 0 Å². The average Bonchev–Trinajstić information content (AvgIpc) is 2.51. The highest BCUT2D eigenvalue weighted by atomic mass is 16.5. The van der Waals surface area contributed by atoms with E-state index < -0.39 is 17.6 Å². The molecule has 0 aliphatic carbocycles. The summed E-state index contributed by atoms with van der Waals surface area (Å²) in [6.07, 6.45) is 0.704. The molecule has 1 aliphatic rings. The number of aliphatic carboxylic acids is 1. The number of rotatable bonds is 5. The Morgan fingerprint density at radius 1 is 1.33 bits per heavy atom. The van der Waals surface area contributed by atoms with Crippen LogP contribution in [0, 0.1) is 0 Å². The number of carboxylic acids is 1. The molecular formula is C16H21NO4. The first-order valence-electron chi connectivity index (χ1n) is 7.29. The summed E-state index contributed by atoms with van der Waals surface area (Å²) in [6, 6.07) is 7.62. The Kier molecular flexibility index (Phi) is 4.63. The lowest BCUT2D eigenvalue weighted by Crippen LogP contribution is -2.55. The van der Waals surface area contributed by atoms with E-state index in [2.05, 4.69) is 5.32 Å². The number of fused-ring (bicyclic) bond motifs is 1. The van der Waals surface area contributed by atoms with Crippen LogP contribution in [0.5, 0.6) is 0 Å². The molecule has 0 saturated carbocycles. The number of carboxylic acid groups (broad SMARTS) is 1. The van der Waals surface area contributed by atoms with Crippen molar-refractivity contribution in [2.24, 2.45) is 0 Å². The summed E-state index contributed by atoms with van der Waals surface area (Å²) >= 11 is 0. The number of nitrogens with one attached hydrogen (secondary N) is 1. The summed E-state index contributed by atoms with van der Waals surface area (Å²) in [5.74, 6) is -1.39. The minimum atomic E-state index is -1.23. The molecule has 1 amide bonds. The minimum Gasteiger partial charge on any atom is -0.480 e. The van der Waals surface area contributed by atoms with Crippen molar-refractivity contribution in [3.8, 4) is 0 Å². The third kappa shape index (κ3) is 2.93. The largest absolute Gasteiger partial charge is 0.480 e. The van der Waals surface area contributed by atoms with Crippen LogP contribution in [-0.2, 0) is 20.7 Å². The van der Waals surface area contributed by atoms with Crippen LogP contribution in [0.15, 0.2) is 24.3 Å². The van der Waals surface area contributed by atoms with Crippen LogP contribution in [0.4, 0.5) is 0 Å². The van der Waals surface area contributed by atoms with Gasteiger partial charge in [0.15, 0.2) is 6.10 Å². The molecule has 1 aliphatic heterocycles. The van der Waals surface area contributed by atoms with Gasteiger partial charge in [-0.1, -0.05) is 38.1 Å². The molecule has 21 heavy (non-hydrogen) atoms. The molecule has 0 spiro atoms. The first-order chi connectivity index (χ1) is 10.0. The molecule has 1 atom stereocenters. The van der Waals surface area contributed by atoms with Crippen molar-refractivity contribution in [3.63, 3.8) is 0 Å². The van der Waals surface area contributed by atoms with Crippen molar-refractivity contribution in [1.82, 2.24) is 5.32 Å². The van der Waals surface area contributed by atoms with Gasteiger partial charge in [-0.3, -0.25) is 4.79 Å². The van der Waals surface area contributed by atoms with Gasteiger partial charge < -0.3 is 15.2 Å². The smallest absolute Gasteiger partial charge is 0.329 e. The van der Waals surface area contributed by atoms with Crippen LogP contribution < -0.4 is 5.32 Å². The molecule has 2 rings (SSSR count). The summed E-state index contributed by atoms with van der Waals surface area (Å²) in [6.45, 7) is 3.98. The summed E-state index contributed by atoms with van der Waals surface area (Å²) in [7, 11) is 0. The molecular weight excluding hydrogens is 270 g/mol. The van der Waals surface area contributed by atoms with Crippen molar-refractivity contribution in [2.45, 2.75) is 44.8 Å². The Balaban J connectivity index is 2.24. The summed E-state index contributed by atoms with van der Waals surface area (Å²) in [5, 5.41) is 12.1. The van der Waals surface area contributed by atoms with E-state index in [-0.39, 0.29) is 5.91 Å². The predicted octanol–water partition coefficient (Wildman–Crippen LogP) is 2.06. The highest BCUT2D eigenvalue weighted by molar-refractivity contribution is 5.90. The van der Waals surface area contributed by atoms with Gasteiger partial charge in [0.25, 0.3) is 5.91 Å². The van der Waals surface area contributed by atoms with E-state index >= 15 is 0 Å². The van der Waals surface area contributed by atoms with Crippen molar-refractivity contribution < 1.29 is 19.4 Å². The van der Waals surface area contributed by atoms with Crippen LogP contribution in [0.2, 0.25) is 0 Å². The second-order valence-corrected chi connectivity index (χ2v) is 5.28. The molecule has 1 unspecified atom stereocenters. The molecule has 5 nitrogen and oxygen atoms in total. The highest BCUT2D eigenvalue weighted by Gasteiger charge is 2.39. The maximum Gasteiger partial charge on any atom is 0.329 e. The van der Waals surface area contributed by atoms with Crippen LogP contribution in [-0.4, -0.2) is 29.1 Å². The summed E-state index contributed by atoms with van der Waals surface area (Å²) in [4.78, 5) is 24.0. The normalized spacial score (nSPS) is 17.9. The lowest BCUT2D eigenvalue weighted by atomic mass is 9.91. The van der Waals surface area contributed by atoms with Gasteiger partial charge in [-0.25, -0.2) is 4.79 Å². The number of amides is 1. The number of carbonyl (C=O) groups is 2. The number of ether oxygens (including phenoxy) is 1. The van der Waals surface area contributed by atoms with E-state index in [9.17, 15) is 14.7 Å². The molecule has 0 radical (unpaired) electrons. The zero-order valence-electron chi connectivity index (χ0n) is 12.4. The van der Waals surface area contributed by atoms with Gasteiger partial charge in [0.1, 0.15) is 5.54 Å². The van der Waals surface area contributed by atoms with Crippen molar-refractivity contribution >= 4 is 11.9 Å². The molecule has 2 N–H and O–H groups in total. The molecule has 1 aromatic rings. The third-order valence-electron chi connectivity index (χ3n) is 4.21. The zero-order chi connectivity index (χ0) is 15.5. The predicted molar refractivity (Wildman–Crippen MR) is 77.9 cm³/mol. The van der Waals surface area contributed by atoms with E-state index in [1.165, 1.54) is 0 Å². The molecule has 0 saturated heterocycles. The molecule has 1 aromatic carbocycles. The van der Waals surface area contributed by atoms with E-state index in [4.69, 9.17) is 4.74 Å². The Hall–Kier alpha value is -1.88. The number of carbonyl (C=O) groups excluding carboxylic acids is 1. The molecule has 0 fully saturated rings. The highest BCUT2D eigenvalue weighted by Crippen LogP contribution is 2.28. The number of hydrogen-bond acceptors (Lipinski definition) is 3. The SMILES string of the molecule is CCC(CC)(NC(=O)C1OCCc2ccccc21)C(=O)O.